The number of benzene rings is 1. The van der Waals surface area contributed by atoms with E-state index in [0.29, 0.717) is 12.5 Å². The molecule has 18 heavy (non-hydrogen) atoms. The molecule has 0 spiro atoms. The second-order valence-electron chi connectivity index (χ2n) is 4.32. The first-order valence-electron chi connectivity index (χ1n) is 5.45. The molecule has 0 saturated heterocycles. The number of rotatable bonds is 5. The van der Waals surface area contributed by atoms with E-state index in [1.807, 2.05) is 13.8 Å². The summed E-state index contributed by atoms with van der Waals surface area (Å²) >= 11 is 0.880. The molecule has 0 aliphatic rings. The molecule has 0 bridgehead atoms. The summed E-state index contributed by atoms with van der Waals surface area (Å²) in [6, 6.07) is 0. The van der Waals surface area contributed by atoms with Gasteiger partial charge in [-0.15, -0.1) is 9.24 Å². The summed E-state index contributed by atoms with van der Waals surface area (Å²) in [6.45, 7) is 6.19. The fraction of sp³-hybridized carbons (Fsp3) is 0.455. The Balaban J connectivity index is 2.83. The summed E-state index contributed by atoms with van der Waals surface area (Å²) < 4.78 is 35.6. The number of hydrogen-bond donors (Lipinski definition) is 1. The van der Waals surface area contributed by atoms with Crippen molar-refractivity contribution in [2.75, 3.05) is 6.54 Å². The Kier molecular flexibility index (Phi) is 5.89. The second-order valence-corrected chi connectivity index (χ2v) is 5.52. The van der Waals surface area contributed by atoms with E-state index in [9.17, 15) is 8.78 Å². The topological polar surface area (TPSA) is 21.3 Å². The van der Waals surface area contributed by atoms with Crippen LogP contribution in [0.15, 0.2) is 0 Å². The Hall–Kier alpha value is -0.315. The van der Waals surface area contributed by atoms with Gasteiger partial charge in [0.15, 0.2) is 11.6 Å². The highest BCUT2D eigenvalue weighted by Gasteiger charge is 2.19. The van der Waals surface area contributed by atoms with Crippen molar-refractivity contribution in [3.63, 3.8) is 0 Å². The van der Waals surface area contributed by atoms with Crippen LogP contribution in [0.25, 0.3) is 0 Å². The van der Waals surface area contributed by atoms with E-state index in [1.54, 1.807) is 0 Å². The molecule has 0 aromatic heterocycles. The predicted octanol–water partition coefficient (Wildman–Crippen LogP) is 1.76. The van der Waals surface area contributed by atoms with Gasteiger partial charge in [0, 0.05) is 17.4 Å². The molecular formula is C11H15BF2NOPS. The van der Waals surface area contributed by atoms with E-state index in [-0.39, 0.29) is 22.1 Å². The molecule has 0 aliphatic carbocycles. The lowest BCUT2D eigenvalue weighted by Crippen LogP contribution is -2.28. The Morgan fingerprint density at radius 1 is 1.39 bits per heavy atom. The van der Waals surface area contributed by atoms with E-state index < -0.39 is 11.6 Å². The first kappa shape index (κ1) is 15.7. The average Bonchev–Trinajstić information content (AvgIpc) is 2.32. The Morgan fingerprint density at radius 2 is 2.00 bits per heavy atom. The highest BCUT2D eigenvalue weighted by Crippen LogP contribution is 2.25. The van der Waals surface area contributed by atoms with Crippen LogP contribution >= 0.6 is 21.5 Å². The summed E-state index contributed by atoms with van der Waals surface area (Å²) in [5, 5.41) is -0.0161. The van der Waals surface area contributed by atoms with Gasteiger partial charge in [-0.1, -0.05) is 19.3 Å². The smallest absolute Gasteiger partial charge is 0.181 e. The molecule has 0 saturated carbocycles. The van der Waals surface area contributed by atoms with Crippen molar-refractivity contribution in [1.29, 1.82) is 0 Å². The minimum absolute atomic E-state index is 0.0161. The zero-order valence-electron chi connectivity index (χ0n) is 10.5. The molecule has 1 N–H and O–H groups in total. The maximum atomic E-state index is 13.9. The summed E-state index contributed by atoms with van der Waals surface area (Å²) in [6.07, 6.45) is 0. The van der Waals surface area contributed by atoms with Crippen molar-refractivity contribution in [2.24, 2.45) is 5.92 Å². The van der Waals surface area contributed by atoms with Gasteiger partial charge in [-0.25, -0.2) is 13.5 Å². The second kappa shape index (κ2) is 6.74. The molecule has 0 heterocycles. The zero-order valence-corrected chi connectivity index (χ0v) is 12.5. The van der Waals surface area contributed by atoms with Crippen LogP contribution in [0.1, 0.15) is 19.4 Å². The van der Waals surface area contributed by atoms with Gasteiger partial charge in [-0.3, -0.25) is 0 Å². The SMILES string of the molecule is [B]c1c(F)c(C)c(OSNCC(C)C)c(F)c1P. The van der Waals surface area contributed by atoms with Crippen molar-refractivity contribution >= 4 is 40.1 Å². The van der Waals surface area contributed by atoms with Crippen LogP contribution in [0.3, 0.4) is 0 Å². The van der Waals surface area contributed by atoms with Crippen LogP contribution in [-0.2, 0) is 0 Å². The van der Waals surface area contributed by atoms with Gasteiger partial charge in [0.25, 0.3) is 0 Å². The molecule has 1 unspecified atom stereocenters. The first-order valence-corrected chi connectivity index (χ1v) is 6.77. The fourth-order valence-electron chi connectivity index (χ4n) is 1.20. The van der Waals surface area contributed by atoms with Crippen molar-refractivity contribution in [3.8, 4) is 5.75 Å². The number of nitrogens with one attached hydrogen (secondary N) is 1. The van der Waals surface area contributed by atoms with E-state index in [0.717, 1.165) is 12.2 Å². The molecule has 0 amide bonds. The van der Waals surface area contributed by atoms with E-state index in [2.05, 4.69) is 14.0 Å². The number of halogens is 2. The van der Waals surface area contributed by atoms with Crippen LogP contribution in [0.4, 0.5) is 8.78 Å². The molecule has 2 radical (unpaired) electrons. The molecule has 7 heteroatoms. The molecule has 1 aromatic rings. The van der Waals surface area contributed by atoms with Gasteiger partial charge in [0.05, 0.1) is 0 Å². The minimum atomic E-state index is -0.657. The van der Waals surface area contributed by atoms with E-state index in [4.69, 9.17) is 12.0 Å². The van der Waals surface area contributed by atoms with Crippen LogP contribution in [0.5, 0.6) is 5.75 Å². The fourth-order valence-corrected chi connectivity index (χ4v) is 2.20. The normalized spacial score (nSPS) is 11.1. The zero-order chi connectivity index (χ0) is 13.9. The summed E-state index contributed by atoms with van der Waals surface area (Å²) in [5.41, 5.74) is -0.141. The standard InChI is InChI=1S/C11H15BF2NOPS/c1-5(2)4-15-18-16-10-6(3)8(13)7(12)11(17)9(10)14/h5,15H,4,17H2,1-3H3. The van der Waals surface area contributed by atoms with Gasteiger partial charge >= 0.3 is 0 Å². The third-order valence-electron chi connectivity index (χ3n) is 2.31. The quantitative estimate of drug-likeness (QED) is 0.293. The van der Waals surface area contributed by atoms with Gasteiger partial charge < -0.3 is 4.18 Å². The maximum Gasteiger partial charge on any atom is 0.181 e. The molecule has 1 atom stereocenters. The predicted molar refractivity (Wildman–Crippen MR) is 76.9 cm³/mol. The Bertz CT molecular complexity index is 417. The van der Waals surface area contributed by atoms with Crippen molar-refractivity contribution in [3.05, 3.63) is 17.2 Å². The summed E-state index contributed by atoms with van der Waals surface area (Å²) in [5.74, 6) is -1.00. The molecule has 0 fully saturated rings. The van der Waals surface area contributed by atoms with Crippen LogP contribution < -0.4 is 19.7 Å². The lowest BCUT2D eigenvalue weighted by Gasteiger charge is -2.14. The monoisotopic (exact) mass is 289 g/mol. The van der Waals surface area contributed by atoms with Gasteiger partial charge in [-0.05, 0) is 12.8 Å². The van der Waals surface area contributed by atoms with E-state index in [1.165, 1.54) is 6.92 Å². The lowest BCUT2D eigenvalue weighted by atomic mass is 9.92. The highest BCUT2D eigenvalue weighted by atomic mass is 32.2. The molecule has 1 rings (SSSR count). The largest absolute Gasteiger partial charge is 0.406 e. The highest BCUT2D eigenvalue weighted by molar-refractivity contribution is 7.93. The van der Waals surface area contributed by atoms with Gasteiger partial charge in [0.1, 0.15) is 25.9 Å². The minimum Gasteiger partial charge on any atom is -0.406 e. The Morgan fingerprint density at radius 3 is 2.56 bits per heavy atom. The first-order chi connectivity index (χ1) is 8.36. The third kappa shape index (κ3) is 3.59. The molecule has 0 aliphatic heterocycles. The average molecular weight is 289 g/mol. The van der Waals surface area contributed by atoms with Gasteiger partial charge in [-0.2, -0.15) is 0 Å². The Labute approximate surface area is 114 Å². The third-order valence-corrected chi connectivity index (χ3v) is 3.41. The summed E-state index contributed by atoms with van der Waals surface area (Å²) in [4.78, 5) is 0. The van der Waals surface area contributed by atoms with Crippen LogP contribution in [-0.4, -0.2) is 14.4 Å². The molecular weight excluding hydrogens is 274 g/mol. The molecule has 1 aromatic carbocycles. The van der Waals surface area contributed by atoms with Crippen molar-refractivity contribution < 1.29 is 13.0 Å². The number of hydrogen-bond acceptors (Lipinski definition) is 3. The van der Waals surface area contributed by atoms with Gasteiger partial charge in [0.2, 0.25) is 0 Å². The van der Waals surface area contributed by atoms with Crippen molar-refractivity contribution in [1.82, 2.24) is 4.72 Å². The molecule has 2 nitrogen and oxygen atoms in total. The maximum absolute atomic E-state index is 13.9. The summed E-state index contributed by atoms with van der Waals surface area (Å²) in [7, 11) is 7.51. The molecule has 98 valence electrons. The van der Waals surface area contributed by atoms with Crippen molar-refractivity contribution in [2.45, 2.75) is 20.8 Å². The van der Waals surface area contributed by atoms with E-state index >= 15 is 0 Å². The lowest BCUT2D eigenvalue weighted by molar-refractivity contribution is 0.522. The van der Waals surface area contributed by atoms with Crippen LogP contribution in [0, 0.1) is 24.5 Å². The van der Waals surface area contributed by atoms with Crippen LogP contribution in [0.2, 0.25) is 0 Å².